The van der Waals surface area contributed by atoms with Crippen molar-refractivity contribution in [1.29, 1.82) is 0 Å². The van der Waals surface area contributed by atoms with Crippen LogP contribution in [-0.4, -0.2) is 44.0 Å². The Morgan fingerprint density at radius 2 is 2.07 bits per heavy atom. The van der Waals surface area contributed by atoms with E-state index < -0.39 is 12.1 Å². The summed E-state index contributed by atoms with van der Waals surface area (Å²) in [5.74, 6) is 0.611. The van der Waals surface area contributed by atoms with Crippen molar-refractivity contribution >= 4 is 35.4 Å². The van der Waals surface area contributed by atoms with Gasteiger partial charge in [-0.1, -0.05) is 43.6 Å². The Hall–Kier alpha value is -2.94. The first-order chi connectivity index (χ1) is 13.8. The SMILES string of the molecule is CC(C)Cc1nc(NC(=O)CC[C@@H]2NC(=O)N(Cc3ccccc3Cl)C2=O)n[nH]1. The lowest BCUT2D eigenvalue weighted by Crippen LogP contribution is -2.31. The van der Waals surface area contributed by atoms with Gasteiger partial charge in [0.15, 0.2) is 0 Å². The Labute approximate surface area is 173 Å². The smallest absolute Gasteiger partial charge is 0.325 e. The lowest BCUT2D eigenvalue weighted by atomic mass is 10.1. The van der Waals surface area contributed by atoms with Crippen LogP contribution in [0.15, 0.2) is 24.3 Å². The van der Waals surface area contributed by atoms with E-state index in [2.05, 4.69) is 39.7 Å². The number of halogens is 1. The maximum Gasteiger partial charge on any atom is 0.325 e. The molecule has 1 fully saturated rings. The lowest BCUT2D eigenvalue weighted by molar-refractivity contribution is -0.128. The van der Waals surface area contributed by atoms with Gasteiger partial charge in [-0.2, -0.15) is 4.98 Å². The molecule has 1 saturated heterocycles. The third-order valence-corrected chi connectivity index (χ3v) is 4.81. The molecule has 1 aromatic carbocycles. The summed E-state index contributed by atoms with van der Waals surface area (Å²) in [6, 6.07) is 5.78. The summed E-state index contributed by atoms with van der Waals surface area (Å²) in [5, 5.41) is 12.4. The number of imide groups is 1. The summed E-state index contributed by atoms with van der Waals surface area (Å²) in [7, 11) is 0. The topological polar surface area (TPSA) is 120 Å². The zero-order valence-corrected chi connectivity index (χ0v) is 17.0. The van der Waals surface area contributed by atoms with E-state index in [-0.39, 0.29) is 37.1 Å². The molecule has 0 bridgehead atoms. The molecule has 0 unspecified atom stereocenters. The van der Waals surface area contributed by atoms with Crippen molar-refractivity contribution in [3.05, 3.63) is 40.7 Å². The Kier molecular flexibility index (Phi) is 6.48. The molecule has 1 aliphatic rings. The number of aromatic amines is 1. The molecule has 1 aliphatic heterocycles. The van der Waals surface area contributed by atoms with Gasteiger partial charge in [0, 0.05) is 17.9 Å². The highest BCUT2D eigenvalue weighted by atomic mass is 35.5. The molecule has 1 atom stereocenters. The van der Waals surface area contributed by atoms with Crippen LogP contribution in [0.2, 0.25) is 5.02 Å². The van der Waals surface area contributed by atoms with Gasteiger partial charge < -0.3 is 5.32 Å². The van der Waals surface area contributed by atoms with Crippen molar-refractivity contribution in [3.63, 3.8) is 0 Å². The zero-order valence-electron chi connectivity index (χ0n) is 16.2. The van der Waals surface area contributed by atoms with Gasteiger partial charge in [0.05, 0.1) is 6.54 Å². The van der Waals surface area contributed by atoms with Gasteiger partial charge in [-0.3, -0.25) is 24.9 Å². The Morgan fingerprint density at radius 3 is 2.79 bits per heavy atom. The van der Waals surface area contributed by atoms with Crippen LogP contribution < -0.4 is 10.6 Å². The number of nitrogens with zero attached hydrogens (tertiary/aromatic N) is 3. The monoisotopic (exact) mass is 418 g/mol. The highest BCUT2D eigenvalue weighted by Gasteiger charge is 2.38. The number of carbonyl (C=O) groups is 3. The van der Waals surface area contributed by atoms with E-state index in [4.69, 9.17) is 11.6 Å². The fourth-order valence-corrected chi connectivity index (χ4v) is 3.21. The molecule has 10 heteroatoms. The Morgan fingerprint density at radius 1 is 1.31 bits per heavy atom. The molecule has 1 aromatic heterocycles. The van der Waals surface area contributed by atoms with Gasteiger partial charge in [-0.15, -0.1) is 5.10 Å². The fourth-order valence-electron chi connectivity index (χ4n) is 3.01. The summed E-state index contributed by atoms with van der Waals surface area (Å²) in [5.41, 5.74) is 0.679. The highest BCUT2D eigenvalue weighted by molar-refractivity contribution is 6.31. The molecule has 4 amide bonds. The van der Waals surface area contributed by atoms with Crippen LogP contribution in [0.3, 0.4) is 0 Å². The Bertz CT molecular complexity index is 913. The summed E-state index contributed by atoms with van der Waals surface area (Å²) >= 11 is 6.11. The molecule has 3 rings (SSSR count). The fraction of sp³-hybridized carbons (Fsp3) is 0.421. The van der Waals surface area contributed by atoms with E-state index in [0.717, 1.165) is 11.3 Å². The van der Waals surface area contributed by atoms with Crippen molar-refractivity contribution in [1.82, 2.24) is 25.4 Å². The van der Waals surface area contributed by atoms with Crippen LogP contribution in [0.25, 0.3) is 0 Å². The number of amides is 4. The van der Waals surface area contributed by atoms with Gasteiger partial charge in [-0.25, -0.2) is 4.79 Å². The predicted octanol–water partition coefficient (Wildman–Crippen LogP) is 2.50. The van der Waals surface area contributed by atoms with Gasteiger partial charge in [-0.05, 0) is 24.0 Å². The zero-order chi connectivity index (χ0) is 21.0. The van der Waals surface area contributed by atoms with Crippen LogP contribution in [-0.2, 0) is 22.6 Å². The number of rotatable bonds is 8. The van der Waals surface area contributed by atoms with Crippen molar-refractivity contribution in [2.24, 2.45) is 5.92 Å². The number of benzene rings is 1. The first-order valence-electron chi connectivity index (χ1n) is 9.40. The molecule has 2 aromatic rings. The first-order valence-corrected chi connectivity index (χ1v) is 9.77. The number of carbonyl (C=O) groups excluding carboxylic acids is 3. The molecular formula is C19H23ClN6O3. The molecule has 0 spiro atoms. The van der Waals surface area contributed by atoms with Gasteiger partial charge in [0.25, 0.3) is 5.91 Å². The number of urea groups is 1. The third kappa shape index (κ3) is 5.32. The molecule has 0 aliphatic carbocycles. The Balaban J connectivity index is 1.51. The van der Waals surface area contributed by atoms with E-state index in [1.54, 1.807) is 24.3 Å². The summed E-state index contributed by atoms with van der Waals surface area (Å²) in [4.78, 5) is 42.2. The quantitative estimate of drug-likeness (QED) is 0.569. The van der Waals surface area contributed by atoms with Crippen molar-refractivity contribution in [2.45, 2.75) is 45.7 Å². The number of H-pyrrole nitrogens is 1. The average Bonchev–Trinajstić information content (AvgIpc) is 3.19. The minimum Gasteiger partial charge on any atom is -0.326 e. The summed E-state index contributed by atoms with van der Waals surface area (Å²) < 4.78 is 0. The average molecular weight is 419 g/mol. The van der Waals surface area contributed by atoms with Gasteiger partial charge >= 0.3 is 6.03 Å². The van der Waals surface area contributed by atoms with Crippen LogP contribution in [0.4, 0.5) is 10.7 Å². The molecule has 0 saturated carbocycles. The van der Waals surface area contributed by atoms with Crippen LogP contribution in [0.1, 0.15) is 38.1 Å². The van der Waals surface area contributed by atoms with Crippen molar-refractivity contribution in [3.8, 4) is 0 Å². The van der Waals surface area contributed by atoms with E-state index in [0.29, 0.717) is 22.3 Å². The second kappa shape index (κ2) is 9.04. The molecule has 0 radical (unpaired) electrons. The molecule has 9 nitrogen and oxygen atoms in total. The largest absolute Gasteiger partial charge is 0.326 e. The van der Waals surface area contributed by atoms with Crippen molar-refractivity contribution in [2.75, 3.05) is 5.32 Å². The summed E-state index contributed by atoms with van der Waals surface area (Å²) in [6.45, 7) is 4.20. The molecule has 29 heavy (non-hydrogen) atoms. The van der Waals surface area contributed by atoms with Crippen LogP contribution in [0, 0.1) is 5.92 Å². The highest BCUT2D eigenvalue weighted by Crippen LogP contribution is 2.20. The molecule has 2 heterocycles. The molecule has 3 N–H and O–H groups in total. The van der Waals surface area contributed by atoms with Gasteiger partial charge in [0.2, 0.25) is 11.9 Å². The predicted molar refractivity (Wildman–Crippen MR) is 107 cm³/mol. The van der Waals surface area contributed by atoms with Crippen molar-refractivity contribution < 1.29 is 14.4 Å². The number of aromatic nitrogens is 3. The van der Waals surface area contributed by atoms with E-state index in [9.17, 15) is 14.4 Å². The maximum atomic E-state index is 12.5. The van der Waals surface area contributed by atoms with Crippen LogP contribution >= 0.6 is 11.6 Å². The number of hydrogen-bond acceptors (Lipinski definition) is 5. The van der Waals surface area contributed by atoms with E-state index >= 15 is 0 Å². The number of nitrogens with one attached hydrogen (secondary N) is 3. The normalized spacial score (nSPS) is 16.4. The lowest BCUT2D eigenvalue weighted by Gasteiger charge is -2.14. The summed E-state index contributed by atoms with van der Waals surface area (Å²) in [6.07, 6.45) is 0.954. The standard InChI is InChI=1S/C19H23ClN6O3/c1-11(2)9-15-22-18(25-24-15)23-16(27)8-7-14-17(28)26(19(29)21-14)10-12-5-3-4-6-13(12)20/h3-6,11,14H,7-10H2,1-2H3,(H,21,29)(H2,22,23,24,25,27)/t14-/m0/s1. The first kappa shape index (κ1) is 20.8. The number of anilines is 1. The molecular weight excluding hydrogens is 396 g/mol. The van der Waals surface area contributed by atoms with E-state index in [1.165, 1.54) is 0 Å². The number of hydrogen-bond donors (Lipinski definition) is 3. The van der Waals surface area contributed by atoms with Gasteiger partial charge in [0.1, 0.15) is 11.9 Å². The minimum absolute atomic E-state index is 0.0463. The third-order valence-electron chi connectivity index (χ3n) is 4.44. The second-order valence-corrected chi connectivity index (χ2v) is 7.72. The van der Waals surface area contributed by atoms with Crippen LogP contribution in [0.5, 0.6) is 0 Å². The maximum absolute atomic E-state index is 12.5. The second-order valence-electron chi connectivity index (χ2n) is 7.31. The van der Waals surface area contributed by atoms with E-state index in [1.807, 2.05) is 0 Å². The molecule has 154 valence electrons. The minimum atomic E-state index is -0.751.